The number of methoxy groups -OCH3 is 1. The van der Waals surface area contributed by atoms with E-state index in [1.807, 2.05) is 47.8 Å². The topological polar surface area (TPSA) is 12.5 Å². The van der Waals surface area contributed by atoms with E-state index in [2.05, 4.69) is 43.4 Å². The Hall–Kier alpha value is -0.810. The minimum Gasteiger partial charge on any atom is -0.497 e. The summed E-state index contributed by atoms with van der Waals surface area (Å²) in [5.74, 6) is 4.23. The molecule has 0 aliphatic carbocycles. The fourth-order valence-electron chi connectivity index (χ4n) is 3.02. The fourth-order valence-corrected chi connectivity index (χ4v) is 4.62. The lowest BCUT2D eigenvalue weighted by molar-refractivity contribution is 0.333. The number of rotatable bonds is 11. The third-order valence-corrected chi connectivity index (χ3v) is 6.55. The van der Waals surface area contributed by atoms with Crippen molar-refractivity contribution in [3.8, 4) is 5.75 Å². The molecule has 1 aliphatic rings. The van der Waals surface area contributed by atoms with Gasteiger partial charge in [0, 0.05) is 23.0 Å². The van der Waals surface area contributed by atoms with Crippen molar-refractivity contribution in [2.45, 2.75) is 31.1 Å². The molecule has 1 atom stereocenters. The Bertz CT molecular complexity index is 630. The molecule has 0 N–H and O–H groups in total. The van der Waals surface area contributed by atoms with Gasteiger partial charge in [-0.25, -0.2) is 0 Å². The first-order valence-electron chi connectivity index (χ1n) is 10.1. The van der Waals surface area contributed by atoms with Crippen LogP contribution in [0.15, 0.2) is 65.1 Å². The van der Waals surface area contributed by atoms with Crippen molar-refractivity contribution in [2.75, 3.05) is 44.5 Å². The number of halogens is 1. The average Bonchev–Trinajstić information content (AvgIpc) is 3.14. The van der Waals surface area contributed by atoms with Gasteiger partial charge in [-0.3, -0.25) is 0 Å². The third-order valence-electron chi connectivity index (χ3n) is 4.65. The highest BCUT2D eigenvalue weighted by atomic mass is 35.5. The van der Waals surface area contributed by atoms with Crippen LogP contribution in [0, 0.1) is 5.92 Å². The van der Waals surface area contributed by atoms with Gasteiger partial charge in [0.05, 0.1) is 7.11 Å². The molecule has 1 heterocycles. The van der Waals surface area contributed by atoms with Gasteiger partial charge in [0.2, 0.25) is 0 Å². The highest BCUT2D eigenvalue weighted by Crippen LogP contribution is 2.22. The molecule has 1 aliphatic heterocycles. The van der Waals surface area contributed by atoms with Crippen molar-refractivity contribution in [3.05, 3.63) is 60.2 Å². The maximum atomic E-state index is 5.74. The van der Waals surface area contributed by atoms with Gasteiger partial charge in [0.1, 0.15) is 5.75 Å². The van der Waals surface area contributed by atoms with Crippen molar-refractivity contribution < 1.29 is 4.74 Å². The number of likely N-dealkylation sites (tertiary alicyclic amines) is 1. The quantitative estimate of drug-likeness (QED) is 0.200. The van der Waals surface area contributed by atoms with Gasteiger partial charge in [0.15, 0.2) is 0 Å². The van der Waals surface area contributed by atoms with E-state index in [0.29, 0.717) is 5.03 Å². The van der Waals surface area contributed by atoms with E-state index in [9.17, 15) is 0 Å². The smallest absolute Gasteiger partial charge is 0.118 e. The molecule has 5 heteroatoms. The van der Waals surface area contributed by atoms with Gasteiger partial charge in [-0.2, -0.15) is 11.8 Å². The molecule has 0 bridgehead atoms. The van der Waals surface area contributed by atoms with Crippen LogP contribution in [0.3, 0.4) is 0 Å². The molecule has 0 amide bonds. The number of hydrogen-bond acceptors (Lipinski definition) is 4. The minimum absolute atomic E-state index is 0.583. The monoisotopic (exact) mass is 453 g/mol. The Morgan fingerprint density at radius 1 is 1.31 bits per heavy atom. The van der Waals surface area contributed by atoms with Crippen LogP contribution >= 0.6 is 35.1 Å². The number of ether oxygens (including phenoxy) is 1. The summed E-state index contributed by atoms with van der Waals surface area (Å²) >= 11 is 9.56. The molecule has 1 aromatic rings. The number of allylic oxidation sites excluding steroid dienone is 3. The van der Waals surface area contributed by atoms with E-state index in [-0.39, 0.29) is 0 Å². The predicted molar refractivity (Wildman–Crippen MR) is 135 cm³/mol. The zero-order chi connectivity index (χ0) is 21.5. The average molecular weight is 454 g/mol. The molecule has 0 spiro atoms. The first-order chi connectivity index (χ1) is 14.0. The van der Waals surface area contributed by atoms with Gasteiger partial charge >= 0.3 is 0 Å². The SMILES string of the molecule is C=C/C(=C\C(=C)Cl)CCN1CCC(C)C1.COc1ccc(SCCCSC)cc1. The maximum Gasteiger partial charge on any atom is 0.118 e. The molecular formula is C24H36ClNOS2. The van der Waals surface area contributed by atoms with Crippen LogP contribution < -0.4 is 4.74 Å². The highest BCUT2D eigenvalue weighted by molar-refractivity contribution is 7.99. The third kappa shape index (κ3) is 12.5. The van der Waals surface area contributed by atoms with E-state index >= 15 is 0 Å². The molecule has 2 nitrogen and oxygen atoms in total. The number of benzene rings is 1. The van der Waals surface area contributed by atoms with E-state index in [4.69, 9.17) is 16.3 Å². The summed E-state index contributed by atoms with van der Waals surface area (Å²) in [4.78, 5) is 3.82. The van der Waals surface area contributed by atoms with Crippen LogP contribution in [0.25, 0.3) is 0 Å². The molecule has 0 saturated carbocycles. The molecule has 2 rings (SSSR count). The molecule has 0 aromatic heterocycles. The Balaban J connectivity index is 0.000000291. The Labute approximate surface area is 191 Å². The van der Waals surface area contributed by atoms with Crippen LogP contribution in [0.5, 0.6) is 5.75 Å². The summed E-state index contributed by atoms with van der Waals surface area (Å²) in [6, 6.07) is 8.25. The molecule has 1 fully saturated rings. The van der Waals surface area contributed by atoms with Crippen molar-refractivity contribution in [1.82, 2.24) is 4.90 Å². The second kappa shape index (κ2) is 16.0. The zero-order valence-electron chi connectivity index (χ0n) is 18.2. The summed E-state index contributed by atoms with van der Waals surface area (Å²) < 4.78 is 5.10. The summed E-state index contributed by atoms with van der Waals surface area (Å²) in [5.41, 5.74) is 1.18. The van der Waals surface area contributed by atoms with E-state index in [0.717, 1.165) is 24.6 Å². The number of hydrogen-bond donors (Lipinski definition) is 0. The van der Waals surface area contributed by atoms with Crippen LogP contribution in [0.1, 0.15) is 26.2 Å². The summed E-state index contributed by atoms with van der Waals surface area (Å²) in [6.45, 7) is 13.3. The number of thioether (sulfide) groups is 2. The van der Waals surface area contributed by atoms with Crippen molar-refractivity contribution >= 4 is 35.1 Å². The van der Waals surface area contributed by atoms with Crippen LogP contribution in [-0.2, 0) is 0 Å². The Morgan fingerprint density at radius 2 is 2.03 bits per heavy atom. The lowest BCUT2D eigenvalue weighted by Crippen LogP contribution is -2.21. The molecule has 1 saturated heterocycles. The second-order valence-electron chi connectivity index (χ2n) is 7.19. The predicted octanol–water partition coefficient (Wildman–Crippen LogP) is 7.12. The van der Waals surface area contributed by atoms with Gasteiger partial charge in [-0.15, -0.1) is 11.8 Å². The fraction of sp³-hybridized carbons (Fsp3) is 0.500. The van der Waals surface area contributed by atoms with Gasteiger partial charge in [0.25, 0.3) is 0 Å². The molecule has 1 aromatic carbocycles. The van der Waals surface area contributed by atoms with Crippen LogP contribution in [-0.4, -0.2) is 49.4 Å². The zero-order valence-corrected chi connectivity index (χ0v) is 20.6. The molecule has 29 heavy (non-hydrogen) atoms. The highest BCUT2D eigenvalue weighted by Gasteiger charge is 2.17. The lowest BCUT2D eigenvalue weighted by Gasteiger charge is -2.15. The number of nitrogens with zero attached hydrogens (tertiary/aromatic N) is 1. The second-order valence-corrected chi connectivity index (χ2v) is 9.82. The lowest BCUT2D eigenvalue weighted by atomic mass is 10.1. The van der Waals surface area contributed by atoms with E-state index < -0.39 is 0 Å². The van der Waals surface area contributed by atoms with Gasteiger partial charge in [-0.1, -0.05) is 37.8 Å². The summed E-state index contributed by atoms with van der Waals surface area (Å²) in [7, 11) is 1.70. The molecule has 0 radical (unpaired) electrons. The maximum absolute atomic E-state index is 5.74. The van der Waals surface area contributed by atoms with E-state index in [1.165, 1.54) is 47.9 Å². The summed E-state index contributed by atoms with van der Waals surface area (Å²) in [6.07, 6.45) is 9.54. The van der Waals surface area contributed by atoms with Crippen LogP contribution in [0.4, 0.5) is 0 Å². The molecule has 162 valence electrons. The standard InChI is InChI=1S/C13H20ClN.C11H16OS2/c1-4-13(9-12(3)14)6-8-15-7-5-11(2)10-15;1-12-10-4-6-11(7-5-10)14-9-3-8-13-2/h4,9,11H,1,3,5-8,10H2,2H3;4-7H,3,8-9H2,1-2H3/b13-9+;. The first-order valence-corrected chi connectivity index (χ1v) is 12.9. The normalized spacial score (nSPS) is 16.8. The minimum atomic E-state index is 0.583. The Kier molecular flexibility index (Phi) is 14.4. The van der Waals surface area contributed by atoms with Crippen molar-refractivity contribution in [1.29, 1.82) is 0 Å². The van der Waals surface area contributed by atoms with Crippen LogP contribution in [0.2, 0.25) is 0 Å². The molecule has 1 unspecified atom stereocenters. The molecular weight excluding hydrogens is 418 g/mol. The van der Waals surface area contributed by atoms with Crippen molar-refractivity contribution in [3.63, 3.8) is 0 Å². The van der Waals surface area contributed by atoms with E-state index in [1.54, 1.807) is 7.11 Å². The summed E-state index contributed by atoms with van der Waals surface area (Å²) in [5, 5.41) is 0.583. The largest absolute Gasteiger partial charge is 0.497 e. The van der Waals surface area contributed by atoms with Gasteiger partial charge in [-0.05, 0) is 85.4 Å². The Morgan fingerprint density at radius 3 is 2.55 bits per heavy atom. The van der Waals surface area contributed by atoms with Crippen molar-refractivity contribution in [2.24, 2.45) is 5.92 Å². The van der Waals surface area contributed by atoms with Gasteiger partial charge < -0.3 is 9.64 Å². The first kappa shape index (κ1) is 26.2.